The Balaban J connectivity index is 5.14. The van der Waals surface area contributed by atoms with Crippen LogP contribution in [0.1, 0.15) is 69.2 Å². The van der Waals surface area contributed by atoms with Gasteiger partial charge < -0.3 is 0 Å². The smallest absolute Gasteiger partial charge is 0.0270 e. The zero-order valence-corrected chi connectivity index (χ0v) is 12.7. The van der Waals surface area contributed by atoms with Gasteiger partial charge in [-0.15, -0.1) is 0 Å². The average Bonchev–Trinajstić information content (AvgIpc) is 2.00. The van der Waals surface area contributed by atoms with Crippen LogP contribution in [0.25, 0.3) is 0 Å². The van der Waals surface area contributed by atoms with Crippen molar-refractivity contribution in [3.05, 3.63) is 0 Å². The van der Waals surface area contributed by atoms with Crippen LogP contribution in [0.15, 0.2) is 0 Å². The minimum absolute atomic E-state index is 0.361. The Morgan fingerprint density at radius 3 is 1.13 bits per heavy atom. The monoisotopic (exact) mass is 212 g/mol. The van der Waals surface area contributed by atoms with Gasteiger partial charge in [0.2, 0.25) is 0 Å². The molecule has 0 nitrogen and oxygen atoms in total. The maximum atomic E-state index is 2.43. The molecule has 0 amide bonds. The van der Waals surface area contributed by atoms with E-state index in [0.29, 0.717) is 22.2 Å². The molecular weight excluding hydrogens is 180 g/mol. The fourth-order valence-electron chi connectivity index (χ4n) is 2.38. The van der Waals surface area contributed by atoms with E-state index in [9.17, 15) is 0 Å². The van der Waals surface area contributed by atoms with Crippen molar-refractivity contribution in [3.8, 4) is 0 Å². The maximum absolute atomic E-state index is 2.43. The third kappa shape index (κ3) is 2.77. The molecule has 0 N–H and O–H groups in total. The molecule has 0 aliphatic rings. The van der Waals surface area contributed by atoms with Crippen molar-refractivity contribution in [2.75, 3.05) is 0 Å². The zero-order chi connectivity index (χ0) is 12.7. The van der Waals surface area contributed by atoms with E-state index in [1.165, 1.54) is 0 Å². The minimum atomic E-state index is 0.361. The van der Waals surface area contributed by atoms with E-state index in [0.717, 1.165) is 5.92 Å². The second-order valence-corrected chi connectivity index (χ2v) is 7.69. The molecule has 0 heteroatoms. The summed E-state index contributed by atoms with van der Waals surface area (Å²) in [6.07, 6.45) is 0. The van der Waals surface area contributed by atoms with E-state index in [2.05, 4.69) is 69.2 Å². The summed E-state index contributed by atoms with van der Waals surface area (Å²) in [5.41, 5.74) is 1.12. The fraction of sp³-hybridized carbons (Fsp3) is 1.00. The summed E-state index contributed by atoms with van der Waals surface area (Å²) in [6.45, 7) is 23.9. The number of rotatable bonds is 3. The maximum Gasteiger partial charge on any atom is -0.0270 e. The second kappa shape index (κ2) is 4.11. The first-order chi connectivity index (χ1) is 6.35. The van der Waals surface area contributed by atoms with Crippen LogP contribution in [0, 0.1) is 28.1 Å². The summed E-state index contributed by atoms with van der Waals surface area (Å²) in [5.74, 6) is 1.43. The van der Waals surface area contributed by atoms with E-state index in [1.807, 2.05) is 0 Å². The summed E-state index contributed by atoms with van der Waals surface area (Å²) in [5, 5.41) is 0. The van der Waals surface area contributed by atoms with Crippen LogP contribution >= 0.6 is 0 Å². The van der Waals surface area contributed by atoms with Crippen LogP contribution < -0.4 is 0 Å². The SMILES string of the molecule is CC(C)C(C)(C)C(C)(C)C(C)C(C)(C)C. The molecule has 0 aliphatic carbocycles. The van der Waals surface area contributed by atoms with Gasteiger partial charge in [-0.3, -0.25) is 0 Å². The molecule has 0 aromatic rings. The lowest BCUT2D eigenvalue weighted by Crippen LogP contribution is -2.45. The predicted octanol–water partition coefficient (Wildman–Crippen LogP) is 5.38. The summed E-state index contributed by atoms with van der Waals surface area (Å²) in [7, 11) is 0. The fourth-order valence-corrected chi connectivity index (χ4v) is 2.38. The van der Waals surface area contributed by atoms with Crippen molar-refractivity contribution in [1.82, 2.24) is 0 Å². The molecule has 0 saturated carbocycles. The first-order valence-electron chi connectivity index (χ1n) is 6.35. The van der Waals surface area contributed by atoms with Gasteiger partial charge >= 0.3 is 0 Å². The zero-order valence-electron chi connectivity index (χ0n) is 12.7. The van der Waals surface area contributed by atoms with Crippen molar-refractivity contribution in [3.63, 3.8) is 0 Å². The normalized spacial score (nSPS) is 17.0. The lowest BCUT2D eigenvalue weighted by atomic mass is 9.52. The lowest BCUT2D eigenvalue weighted by Gasteiger charge is -2.52. The van der Waals surface area contributed by atoms with E-state index < -0.39 is 0 Å². The van der Waals surface area contributed by atoms with Crippen molar-refractivity contribution in [2.45, 2.75) is 69.2 Å². The van der Waals surface area contributed by atoms with Crippen LogP contribution in [0.3, 0.4) is 0 Å². The van der Waals surface area contributed by atoms with Gasteiger partial charge in [0.25, 0.3) is 0 Å². The summed E-state index contributed by atoms with van der Waals surface area (Å²) >= 11 is 0. The predicted molar refractivity (Wildman–Crippen MR) is 71.0 cm³/mol. The van der Waals surface area contributed by atoms with Crippen molar-refractivity contribution in [1.29, 1.82) is 0 Å². The highest BCUT2D eigenvalue weighted by atomic mass is 14.5. The number of hydrogen-bond donors (Lipinski definition) is 0. The van der Waals surface area contributed by atoms with Crippen molar-refractivity contribution in [2.24, 2.45) is 28.1 Å². The molecule has 0 aliphatic heterocycles. The van der Waals surface area contributed by atoms with Crippen LogP contribution in [-0.4, -0.2) is 0 Å². The van der Waals surface area contributed by atoms with Gasteiger partial charge in [0.15, 0.2) is 0 Å². The van der Waals surface area contributed by atoms with Gasteiger partial charge in [-0.05, 0) is 28.1 Å². The van der Waals surface area contributed by atoms with E-state index in [-0.39, 0.29) is 0 Å². The van der Waals surface area contributed by atoms with Gasteiger partial charge in [0.05, 0.1) is 0 Å². The molecular formula is C15H32. The Hall–Kier alpha value is 0. The summed E-state index contributed by atoms with van der Waals surface area (Å²) in [6, 6.07) is 0. The molecule has 0 aromatic heterocycles. The largest absolute Gasteiger partial charge is 0.0622 e. The molecule has 0 aromatic carbocycles. The third-order valence-corrected chi connectivity index (χ3v) is 5.49. The van der Waals surface area contributed by atoms with Crippen LogP contribution in [0.2, 0.25) is 0 Å². The van der Waals surface area contributed by atoms with Crippen LogP contribution in [0.5, 0.6) is 0 Å². The molecule has 0 rings (SSSR count). The molecule has 0 fully saturated rings. The van der Waals surface area contributed by atoms with E-state index in [1.54, 1.807) is 0 Å². The lowest BCUT2D eigenvalue weighted by molar-refractivity contribution is -0.0368. The molecule has 0 heterocycles. The molecule has 0 bridgehead atoms. The Morgan fingerprint density at radius 2 is 0.933 bits per heavy atom. The summed E-state index contributed by atoms with van der Waals surface area (Å²) < 4.78 is 0. The first kappa shape index (κ1) is 15.0. The highest BCUT2D eigenvalue weighted by Crippen LogP contribution is 2.53. The Morgan fingerprint density at radius 1 is 0.600 bits per heavy atom. The first-order valence-corrected chi connectivity index (χ1v) is 6.35. The second-order valence-electron chi connectivity index (χ2n) is 7.69. The highest BCUT2D eigenvalue weighted by molar-refractivity contribution is 4.95. The van der Waals surface area contributed by atoms with Crippen molar-refractivity contribution < 1.29 is 0 Å². The van der Waals surface area contributed by atoms with Crippen LogP contribution in [-0.2, 0) is 0 Å². The molecule has 0 spiro atoms. The number of hydrogen-bond acceptors (Lipinski definition) is 0. The van der Waals surface area contributed by atoms with Crippen LogP contribution in [0.4, 0.5) is 0 Å². The van der Waals surface area contributed by atoms with Gasteiger partial charge in [0.1, 0.15) is 0 Å². The molecule has 1 atom stereocenters. The van der Waals surface area contributed by atoms with Gasteiger partial charge in [-0.1, -0.05) is 69.2 Å². The van der Waals surface area contributed by atoms with E-state index in [4.69, 9.17) is 0 Å². The quantitative estimate of drug-likeness (QED) is 0.589. The molecule has 0 radical (unpaired) electrons. The van der Waals surface area contributed by atoms with Gasteiger partial charge in [-0.2, -0.15) is 0 Å². The summed E-state index contributed by atoms with van der Waals surface area (Å²) in [4.78, 5) is 0. The molecule has 92 valence electrons. The van der Waals surface area contributed by atoms with Gasteiger partial charge in [-0.25, -0.2) is 0 Å². The molecule has 15 heavy (non-hydrogen) atoms. The van der Waals surface area contributed by atoms with E-state index >= 15 is 0 Å². The third-order valence-electron chi connectivity index (χ3n) is 5.49. The van der Waals surface area contributed by atoms with Gasteiger partial charge in [0, 0.05) is 0 Å². The highest BCUT2D eigenvalue weighted by Gasteiger charge is 2.46. The Labute approximate surface area is 97.8 Å². The average molecular weight is 212 g/mol. The topological polar surface area (TPSA) is 0 Å². The molecule has 0 saturated heterocycles. The Kier molecular flexibility index (Phi) is 4.11. The van der Waals surface area contributed by atoms with Crippen molar-refractivity contribution >= 4 is 0 Å². The Bertz CT molecular complexity index is 201. The molecule has 1 unspecified atom stereocenters. The minimum Gasteiger partial charge on any atom is -0.0622 e. The standard InChI is InChI=1S/C15H32/c1-11(2)14(7,8)15(9,10)12(3)13(4,5)6/h11-12H,1-10H3.